The van der Waals surface area contributed by atoms with Gasteiger partial charge in [0, 0.05) is 23.1 Å². The summed E-state index contributed by atoms with van der Waals surface area (Å²) in [6, 6.07) is 2.05. The second-order valence-corrected chi connectivity index (χ2v) is 6.39. The fourth-order valence-corrected chi connectivity index (χ4v) is 2.87. The maximum absolute atomic E-state index is 13.7. The SMILES string of the molecule is Nc1cc(S(=O)(=O)NCCc2ncon2)c(F)cc1Br. The largest absolute Gasteiger partial charge is 0.398 e. The summed E-state index contributed by atoms with van der Waals surface area (Å²) in [5.74, 6) is -0.540. The van der Waals surface area contributed by atoms with Crippen LogP contribution in [0.3, 0.4) is 0 Å². The summed E-state index contributed by atoms with van der Waals surface area (Å²) in [4.78, 5) is 3.23. The van der Waals surface area contributed by atoms with Gasteiger partial charge in [0.15, 0.2) is 5.82 Å². The van der Waals surface area contributed by atoms with E-state index >= 15 is 0 Å². The average Bonchev–Trinajstić information content (AvgIpc) is 2.86. The normalized spacial score (nSPS) is 11.7. The molecule has 3 N–H and O–H groups in total. The van der Waals surface area contributed by atoms with E-state index in [4.69, 9.17) is 5.73 Å². The molecule has 0 aliphatic carbocycles. The van der Waals surface area contributed by atoms with Gasteiger partial charge in [0.05, 0.1) is 0 Å². The highest BCUT2D eigenvalue weighted by molar-refractivity contribution is 9.10. The van der Waals surface area contributed by atoms with E-state index in [0.29, 0.717) is 10.3 Å². The Morgan fingerprint density at radius 1 is 1.45 bits per heavy atom. The first kappa shape index (κ1) is 14.9. The molecule has 20 heavy (non-hydrogen) atoms. The third kappa shape index (κ3) is 3.32. The molecule has 0 bridgehead atoms. The van der Waals surface area contributed by atoms with E-state index in [1.807, 2.05) is 0 Å². The molecular formula is C10H10BrFN4O3S. The lowest BCUT2D eigenvalue weighted by atomic mass is 10.3. The third-order valence-electron chi connectivity index (χ3n) is 2.39. The minimum Gasteiger partial charge on any atom is -0.398 e. The van der Waals surface area contributed by atoms with E-state index in [-0.39, 0.29) is 18.7 Å². The number of aromatic nitrogens is 2. The number of nitrogens with zero attached hydrogens (tertiary/aromatic N) is 2. The van der Waals surface area contributed by atoms with E-state index in [0.717, 1.165) is 18.5 Å². The quantitative estimate of drug-likeness (QED) is 0.767. The van der Waals surface area contributed by atoms with Crippen LogP contribution in [0.25, 0.3) is 0 Å². The smallest absolute Gasteiger partial charge is 0.243 e. The molecule has 1 aromatic carbocycles. The predicted molar refractivity (Wildman–Crippen MR) is 71.7 cm³/mol. The molecule has 1 heterocycles. The molecule has 108 valence electrons. The molecule has 0 amide bonds. The van der Waals surface area contributed by atoms with Gasteiger partial charge in [-0.05, 0) is 28.1 Å². The van der Waals surface area contributed by atoms with Gasteiger partial charge in [-0.1, -0.05) is 5.16 Å². The van der Waals surface area contributed by atoms with Crippen molar-refractivity contribution in [3.63, 3.8) is 0 Å². The second-order valence-electron chi connectivity index (χ2n) is 3.80. The van der Waals surface area contributed by atoms with Crippen LogP contribution in [0.15, 0.2) is 32.4 Å². The first-order valence-electron chi connectivity index (χ1n) is 5.39. The Morgan fingerprint density at radius 3 is 2.85 bits per heavy atom. The van der Waals surface area contributed by atoms with Crippen molar-refractivity contribution in [3.8, 4) is 0 Å². The average molecular weight is 365 g/mol. The molecular weight excluding hydrogens is 355 g/mol. The predicted octanol–water partition coefficient (Wildman–Crippen LogP) is 1.07. The molecule has 0 saturated heterocycles. The highest BCUT2D eigenvalue weighted by Gasteiger charge is 2.20. The summed E-state index contributed by atoms with van der Waals surface area (Å²) in [5, 5.41) is 3.53. The van der Waals surface area contributed by atoms with Gasteiger partial charge in [-0.15, -0.1) is 0 Å². The van der Waals surface area contributed by atoms with E-state index in [9.17, 15) is 12.8 Å². The Kier molecular flexibility index (Phi) is 4.35. The topological polar surface area (TPSA) is 111 Å². The van der Waals surface area contributed by atoms with Crippen LogP contribution in [0.5, 0.6) is 0 Å². The van der Waals surface area contributed by atoms with Crippen molar-refractivity contribution in [2.75, 3.05) is 12.3 Å². The number of nitrogens with one attached hydrogen (secondary N) is 1. The van der Waals surface area contributed by atoms with Crippen molar-refractivity contribution in [2.24, 2.45) is 0 Å². The number of anilines is 1. The Labute approximate surface area is 122 Å². The van der Waals surface area contributed by atoms with Crippen molar-refractivity contribution in [1.82, 2.24) is 14.9 Å². The fourth-order valence-electron chi connectivity index (χ4n) is 1.43. The third-order valence-corrected chi connectivity index (χ3v) is 4.55. The van der Waals surface area contributed by atoms with Gasteiger partial charge >= 0.3 is 0 Å². The maximum Gasteiger partial charge on any atom is 0.243 e. The molecule has 2 aromatic rings. The molecule has 10 heteroatoms. The molecule has 0 spiro atoms. The first-order valence-corrected chi connectivity index (χ1v) is 7.67. The Balaban J connectivity index is 2.12. The van der Waals surface area contributed by atoms with Gasteiger partial charge in [-0.2, -0.15) is 4.98 Å². The lowest BCUT2D eigenvalue weighted by molar-refractivity contribution is 0.409. The molecule has 0 aliphatic heterocycles. The van der Waals surface area contributed by atoms with E-state index < -0.39 is 20.7 Å². The van der Waals surface area contributed by atoms with Crippen molar-refractivity contribution in [1.29, 1.82) is 0 Å². The highest BCUT2D eigenvalue weighted by atomic mass is 79.9. The van der Waals surface area contributed by atoms with Gasteiger partial charge in [-0.3, -0.25) is 0 Å². The van der Waals surface area contributed by atoms with Crippen LogP contribution in [0.4, 0.5) is 10.1 Å². The second kappa shape index (κ2) is 5.85. The zero-order valence-corrected chi connectivity index (χ0v) is 12.4. The number of hydrogen-bond acceptors (Lipinski definition) is 6. The molecule has 7 nitrogen and oxygen atoms in total. The van der Waals surface area contributed by atoms with Gasteiger partial charge in [0.1, 0.15) is 10.7 Å². The number of halogens is 2. The lowest BCUT2D eigenvalue weighted by Gasteiger charge is -2.08. The number of nitrogens with two attached hydrogens (primary N) is 1. The van der Waals surface area contributed by atoms with Crippen LogP contribution < -0.4 is 10.5 Å². The Bertz CT molecular complexity index is 706. The van der Waals surface area contributed by atoms with Crippen LogP contribution in [-0.2, 0) is 16.4 Å². The first-order chi connectivity index (χ1) is 9.40. The van der Waals surface area contributed by atoms with Crippen LogP contribution in [0.2, 0.25) is 0 Å². The van der Waals surface area contributed by atoms with Crippen LogP contribution in [0.1, 0.15) is 5.82 Å². The van der Waals surface area contributed by atoms with Crippen LogP contribution in [0, 0.1) is 5.82 Å². The monoisotopic (exact) mass is 364 g/mol. The van der Waals surface area contributed by atoms with Crippen molar-refractivity contribution < 1.29 is 17.3 Å². The number of benzene rings is 1. The minimum atomic E-state index is -4.00. The molecule has 0 fully saturated rings. The molecule has 0 saturated carbocycles. The van der Waals surface area contributed by atoms with Gasteiger partial charge in [0.25, 0.3) is 0 Å². The van der Waals surface area contributed by atoms with Gasteiger partial charge in [0.2, 0.25) is 16.4 Å². The number of rotatable bonds is 5. The number of nitrogen functional groups attached to an aromatic ring is 1. The van der Waals surface area contributed by atoms with Gasteiger partial charge in [-0.25, -0.2) is 17.5 Å². The lowest BCUT2D eigenvalue weighted by Crippen LogP contribution is -2.27. The van der Waals surface area contributed by atoms with E-state index in [2.05, 4.69) is 35.3 Å². The fraction of sp³-hybridized carbons (Fsp3) is 0.200. The number of sulfonamides is 1. The summed E-state index contributed by atoms with van der Waals surface area (Å²) in [6.07, 6.45) is 1.36. The van der Waals surface area contributed by atoms with Crippen LogP contribution in [-0.4, -0.2) is 25.1 Å². The molecule has 0 unspecified atom stereocenters. The summed E-state index contributed by atoms with van der Waals surface area (Å²) < 4.78 is 44.6. The van der Waals surface area contributed by atoms with E-state index in [1.165, 1.54) is 0 Å². The minimum absolute atomic E-state index is 0.0112. The van der Waals surface area contributed by atoms with Crippen molar-refractivity contribution >= 4 is 31.6 Å². The molecule has 0 radical (unpaired) electrons. The Morgan fingerprint density at radius 2 is 2.20 bits per heavy atom. The Hall–Kier alpha value is -1.52. The molecule has 0 atom stereocenters. The standard InChI is InChI=1S/C10H10BrFN4O3S/c11-6-3-7(12)9(4-8(6)13)20(17,18)15-2-1-10-14-5-19-16-10/h3-5,15H,1-2,13H2. The summed E-state index contributed by atoms with van der Waals surface area (Å²) in [6.45, 7) is 0.0112. The number of hydrogen-bond donors (Lipinski definition) is 2. The maximum atomic E-state index is 13.7. The summed E-state index contributed by atoms with van der Waals surface area (Å²) >= 11 is 3.02. The molecule has 0 aliphatic rings. The highest BCUT2D eigenvalue weighted by Crippen LogP contribution is 2.25. The molecule has 1 aromatic heterocycles. The van der Waals surface area contributed by atoms with Gasteiger partial charge < -0.3 is 10.3 Å². The molecule has 2 rings (SSSR count). The summed E-state index contributed by atoms with van der Waals surface area (Å²) in [5.41, 5.74) is 5.68. The summed E-state index contributed by atoms with van der Waals surface area (Å²) in [7, 11) is -4.00. The zero-order valence-electron chi connectivity index (χ0n) is 10.0. The van der Waals surface area contributed by atoms with Crippen molar-refractivity contribution in [2.45, 2.75) is 11.3 Å². The van der Waals surface area contributed by atoms with Crippen molar-refractivity contribution in [3.05, 3.63) is 34.6 Å². The zero-order chi connectivity index (χ0) is 14.8. The van der Waals surface area contributed by atoms with E-state index in [1.54, 1.807) is 0 Å². The van der Waals surface area contributed by atoms with Crippen LogP contribution >= 0.6 is 15.9 Å².